The summed E-state index contributed by atoms with van der Waals surface area (Å²) in [5.74, 6) is -6.93. The van der Waals surface area contributed by atoms with Crippen LogP contribution in [0.15, 0.2) is 0 Å². The van der Waals surface area contributed by atoms with Crippen LogP contribution >= 0.6 is 0 Å². The predicted octanol–water partition coefficient (Wildman–Crippen LogP) is -2.13. The molecule has 170 valence electrons. The first-order valence-corrected chi connectivity index (χ1v) is 9.18. The van der Waals surface area contributed by atoms with E-state index >= 15 is 0 Å². The topological polar surface area (TPSA) is 225 Å². The molecule has 0 rings (SSSR count). The van der Waals surface area contributed by atoms with Gasteiger partial charge < -0.3 is 37.0 Å². The number of hydrogen-bond acceptors (Lipinski definition) is 7. The summed E-state index contributed by atoms with van der Waals surface area (Å²) in [5, 5.41) is 32.9. The van der Waals surface area contributed by atoms with Crippen LogP contribution in [0.3, 0.4) is 0 Å². The Morgan fingerprint density at radius 2 is 1.50 bits per heavy atom. The number of aliphatic carboxylic acids is 3. The maximum Gasteiger partial charge on any atom is 0.326 e. The largest absolute Gasteiger partial charge is 0.481 e. The minimum absolute atomic E-state index is 0.219. The summed E-state index contributed by atoms with van der Waals surface area (Å²) in [7, 11) is 0. The molecule has 0 aliphatic heterocycles. The van der Waals surface area contributed by atoms with Crippen molar-refractivity contribution in [2.45, 2.75) is 57.7 Å². The number of carbonyl (C=O) groups is 6. The third kappa shape index (κ3) is 10.4. The lowest BCUT2D eigenvalue weighted by molar-refractivity contribution is -0.143. The molecular formula is C17H28N4O9. The summed E-state index contributed by atoms with van der Waals surface area (Å²) in [6.45, 7) is 2.81. The number of rotatable bonds is 14. The molecule has 0 radical (unpaired) electrons. The number of amides is 3. The number of carboxylic acids is 3. The Bertz CT molecular complexity index is 668. The van der Waals surface area contributed by atoms with Gasteiger partial charge in [-0.05, 0) is 12.3 Å². The van der Waals surface area contributed by atoms with E-state index in [-0.39, 0.29) is 12.3 Å². The SMILES string of the molecule is CCC(C)C(N)C(=O)NC(CC(=O)O)C(=O)NCC(=O)NC(CCC(=O)O)C(=O)O. The molecule has 0 fully saturated rings. The smallest absolute Gasteiger partial charge is 0.326 e. The van der Waals surface area contributed by atoms with Crippen molar-refractivity contribution in [3.05, 3.63) is 0 Å². The lowest BCUT2D eigenvalue weighted by atomic mass is 9.99. The number of hydrogen-bond donors (Lipinski definition) is 7. The van der Waals surface area contributed by atoms with Gasteiger partial charge in [0, 0.05) is 6.42 Å². The highest BCUT2D eigenvalue weighted by molar-refractivity contribution is 5.94. The molecule has 0 saturated carbocycles. The van der Waals surface area contributed by atoms with Crippen molar-refractivity contribution in [2.75, 3.05) is 6.54 Å². The Morgan fingerprint density at radius 3 is 1.97 bits per heavy atom. The number of carbonyl (C=O) groups excluding carboxylic acids is 3. The predicted molar refractivity (Wildman–Crippen MR) is 101 cm³/mol. The van der Waals surface area contributed by atoms with Crippen molar-refractivity contribution in [3.8, 4) is 0 Å². The van der Waals surface area contributed by atoms with Crippen molar-refractivity contribution < 1.29 is 44.1 Å². The van der Waals surface area contributed by atoms with Crippen molar-refractivity contribution in [1.82, 2.24) is 16.0 Å². The summed E-state index contributed by atoms with van der Waals surface area (Å²) < 4.78 is 0. The quantitative estimate of drug-likeness (QED) is 0.158. The summed E-state index contributed by atoms with van der Waals surface area (Å²) >= 11 is 0. The maximum absolute atomic E-state index is 12.2. The first-order valence-electron chi connectivity index (χ1n) is 9.18. The first kappa shape index (κ1) is 26.8. The van der Waals surface area contributed by atoms with E-state index in [1.54, 1.807) is 13.8 Å². The average molecular weight is 432 g/mol. The highest BCUT2D eigenvalue weighted by Gasteiger charge is 2.28. The fraction of sp³-hybridized carbons (Fsp3) is 0.647. The van der Waals surface area contributed by atoms with Gasteiger partial charge in [0.25, 0.3) is 0 Å². The molecule has 0 spiro atoms. The second kappa shape index (κ2) is 13.1. The second-order valence-electron chi connectivity index (χ2n) is 6.68. The van der Waals surface area contributed by atoms with Crippen LogP contribution in [0, 0.1) is 5.92 Å². The van der Waals surface area contributed by atoms with Crippen LogP contribution in [0.5, 0.6) is 0 Å². The van der Waals surface area contributed by atoms with E-state index in [0.717, 1.165) is 0 Å². The van der Waals surface area contributed by atoms with Gasteiger partial charge in [0.1, 0.15) is 12.1 Å². The Morgan fingerprint density at radius 1 is 0.900 bits per heavy atom. The van der Waals surface area contributed by atoms with Gasteiger partial charge in [-0.25, -0.2) is 4.79 Å². The van der Waals surface area contributed by atoms with Crippen LogP contribution in [-0.2, 0) is 28.8 Å². The fourth-order valence-electron chi connectivity index (χ4n) is 2.23. The molecule has 4 atom stereocenters. The van der Waals surface area contributed by atoms with E-state index in [1.165, 1.54) is 0 Å². The molecule has 4 unspecified atom stereocenters. The van der Waals surface area contributed by atoms with Gasteiger partial charge in [-0.2, -0.15) is 0 Å². The highest BCUT2D eigenvalue weighted by atomic mass is 16.4. The third-order valence-corrected chi connectivity index (χ3v) is 4.27. The van der Waals surface area contributed by atoms with Gasteiger partial charge in [-0.15, -0.1) is 0 Å². The number of nitrogens with two attached hydrogens (primary N) is 1. The molecule has 0 aromatic heterocycles. The molecule has 0 aliphatic rings. The minimum Gasteiger partial charge on any atom is -0.481 e. The van der Waals surface area contributed by atoms with Gasteiger partial charge in [0.2, 0.25) is 17.7 Å². The van der Waals surface area contributed by atoms with Crippen LogP contribution < -0.4 is 21.7 Å². The zero-order chi connectivity index (χ0) is 23.4. The van der Waals surface area contributed by atoms with E-state index in [9.17, 15) is 28.8 Å². The van der Waals surface area contributed by atoms with Gasteiger partial charge in [0.05, 0.1) is 19.0 Å². The van der Waals surface area contributed by atoms with E-state index in [1.807, 2.05) is 5.32 Å². The standard InChI is InChI=1S/C17H28N4O9/c1-3-8(2)14(18)16(28)21-10(6-13(25)26)15(27)19-7-11(22)20-9(17(29)30)4-5-12(23)24/h8-10,14H,3-7,18H2,1-2H3,(H,19,27)(H,20,22)(H,21,28)(H,23,24)(H,25,26)(H,29,30). The lowest BCUT2D eigenvalue weighted by Gasteiger charge is -2.22. The summed E-state index contributed by atoms with van der Waals surface area (Å²) in [6.07, 6.45) is -1.04. The average Bonchev–Trinajstić information content (AvgIpc) is 2.66. The summed E-state index contributed by atoms with van der Waals surface area (Å²) in [6, 6.07) is -3.94. The molecule has 8 N–H and O–H groups in total. The Hall–Kier alpha value is -3.22. The van der Waals surface area contributed by atoms with Gasteiger partial charge >= 0.3 is 17.9 Å². The highest BCUT2D eigenvalue weighted by Crippen LogP contribution is 2.06. The van der Waals surface area contributed by atoms with Crippen LogP contribution in [0.4, 0.5) is 0 Å². The Kier molecular flexibility index (Phi) is 11.7. The Balaban J connectivity index is 4.89. The van der Waals surface area contributed by atoms with E-state index in [0.29, 0.717) is 6.42 Å². The summed E-state index contributed by atoms with van der Waals surface area (Å²) in [5.41, 5.74) is 5.75. The van der Waals surface area contributed by atoms with Crippen LogP contribution in [0.1, 0.15) is 39.5 Å². The number of carboxylic acid groups (broad SMARTS) is 3. The maximum atomic E-state index is 12.2. The molecule has 30 heavy (non-hydrogen) atoms. The molecule has 13 nitrogen and oxygen atoms in total. The minimum atomic E-state index is -1.50. The Labute approximate surface area is 172 Å². The zero-order valence-electron chi connectivity index (χ0n) is 16.7. The van der Waals surface area contributed by atoms with E-state index < -0.39 is 73.1 Å². The molecular weight excluding hydrogens is 404 g/mol. The fourth-order valence-corrected chi connectivity index (χ4v) is 2.23. The third-order valence-electron chi connectivity index (χ3n) is 4.27. The first-order chi connectivity index (χ1) is 13.9. The molecule has 0 saturated heterocycles. The van der Waals surface area contributed by atoms with Crippen LogP contribution in [0.25, 0.3) is 0 Å². The van der Waals surface area contributed by atoms with Crippen molar-refractivity contribution in [3.63, 3.8) is 0 Å². The van der Waals surface area contributed by atoms with Gasteiger partial charge in [0.15, 0.2) is 0 Å². The normalized spacial score (nSPS) is 14.5. The van der Waals surface area contributed by atoms with Crippen LogP contribution in [0.2, 0.25) is 0 Å². The lowest BCUT2D eigenvalue weighted by Crippen LogP contribution is -2.55. The van der Waals surface area contributed by atoms with Crippen molar-refractivity contribution in [2.24, 2.45) is 11.7 Å². The van der Waals surface area contributed by atoms with Gasteiger partial charge in [-0.3, -0.25) is 24.0 Å². The summed E-state index contributed by atoms with van der Waals surface area (Å²) in [4.78, 5) is 68.8. The number of nitrogens with one attached hydrogen (secondary N) is 3. The zero-order valence-corrected chi connectivity index (χ0v) is 16.7. The van der Waals surface area contributed by atoms with E-state index in [4.69, 9.17) is 21.1 Å². The van der Waals surface area contributed by atoms with E-state index in [2.05, 4.69) is 10.6 Å². The van der Waals surface area contributed by atoms with Crippen molar-refractivity contribution >= 4 is 35.6 Å². The van der Waals surface area contributed by atoms with Gasteiger partial charge in [-0.1, -0.05) is 20.3 Å². The molecule has 0 aromatic rings. The molecule has 0 aliphatic carbocycles. The second-order valence-corrected chi connectivity index (χ2v) is 6.68. The molecule has 0 bridgehead atoms. The molecule has 3 amide bonds. The molecule has 0 aromatic carbocycles. The monoisotopic (exact) mass is 432 g/mol. The molecule has 0 heterocycles. The van der Waals surface area contributed by atoms with Crippen LogP contribution in [-0.4, -0.2) is 75.6 Å². The molecule has 13 heteroatoms. The van der Waals surface area contributed by atoms with Crippen molar-refractivity contribution in [1.29, 1.82) is 0 Å².